The number of aromatic nitrogens is 2. The fraction of sp³-hybridized carbons (Fsp3) is 0.227. The van der Waals surface area contributed by atoms with E-state index in [1.54, 1.807) is 18.5 Å². The van der Waals surface area contributed by atoms with Crippen LogP contribution in [-0.2, 0) is 0 Å². The lowest BCUT2D eigenvalue weighted by Gasteiger charge is -2.09. The van der Waals surface area contributed by atoms with Gasteiger partial charge in [0.1, 0.15) is 0 Å². The van der Waals surface area contributed by atoms with Crippen LogP contribution in [0.25, 0.3) is 11.1 Å². The molecule has 0 unspecified atom stereocenters. The number of nitriles is 1. The van der Waals surface area contributed by atoms with Crippen LogP contribution >= 0.6 is 0 Å². The van der Waals surface area contributed by atoms with Crippen molar-refractivity contribution in [3.8, 4) is 6.07 Å². The zero-order valence-corrected chi connectivity index (χ0v) is 15.7. The second kappa shape index (κ2) is 10.00. The minimum atomic E-state index is 0.591. The molecule has 2 heterocycles. The van der Waals surface area contributed by atoms with Crippen LogP contribution in [0.2, 0.25) is 0 Å². The van der Waals surface area contributed by atoms with E-state index < -0.39 is 0 Å². The molecule has 0 aromatic carbocycles. The zero-order chi connectivity index (χ0) is 18.8. The predicted octanol–water partition coefficient (Wildman–Crippen LogP) is 5.69. The molecule has 128 valence electrons. The molecule has 0 amide bonds. The van der Waals surface area contributed by atoms with Gasteiger partial charge in [0.25, 0.3) is 0 Å². The molecule has 0 spiro atoms. The molecular formula is C22H25N3. The van der Waals surface area contributed by atoms with Gasteiger partial charge in [-0.25, -0.2) is 0 Å². The monoisotopic (exact) mass is 331 g/mol. The van der Waals surface area contributed by atoms with Crippen molar-refractivity contribution in [3.63, 3.8) is 0 Å². The largest absolute Gasteiger partial charge is 0.264 e. The van der Waals surface area contributed by atoms with Gasteiger partial charge < -0.3 is 0 Å². The number of nitrogens with zero attached hydrogens (tertiary/aromatic N) is 3. The summed E-state index contributed by atoms with van der Waals surface area (Å²) in [5.74, 6) is 0. The Hall–Kier alpha value is -2.99. The van der Waals surface area contributed by atoms with Crippen LogP contribution in [0.3, 0.4) is 0 Å². The highest BCUT2D eigenvalue weighted by Crippen LogP contribution is 2.25. The molecule has 0 radical (unpaired) electrons. The molecule has 2 aromatic heterocycles. The highest BCUT2D eigenvalue weighted by atomic mass is 14.7. The maximum Gasteiger partial charge on any atom is 0.0994 e. The molecule has 0 aliphatic carbocycles. The van der Waals surface area contributed by atoms with Crippen molar-refractivity contribution >= 4 is 11.1 Å². The second-order valence-electron chi connectivity index (χ2n) is 5.34. The summed E-state index contributed by atoms with van der Waals surface area (Å²) < 4.78 is 0. The first-order chi connectivity index (χ1) is 12.1. The van der Waals surface area contributed by atoms with E-state index in [0.29, 0.717) is 5.57 Å². The lowest BCUT2D eigenvalue weighted by atomic mass is 9.97. The van der Waals surface area contributed by atoms with Crippen LogP contribution in [0.1, 0.15) is 43.2 Å². The van der Waals surface area contributed by atoms with Gasteiger partial charge in [0.15, 0.2) is 0 Å². The summed E-state index contributed by atoms with van der Waals surface area (Å²) >= 11 is 0. The Morgan fingerprint density at radius 1 is 1.24 bits per heavy atom. The number of pyridine rings is 2. The lowest BCUT2D eigenvalue weighted by Crippen LogP contribution is -1.93. The summed E-state index contributed by atoms with van der Waals surface area (Å²) in [7, 11) is 0. The van der Waals surface area contributed by atoms with Crippen LogP contribution in [0.5, 0.6) is 0 Å². The Labute approximate surface area is 151 Å². The first-order valence-corrected chi connectivity index (χ1v) is 8.36. The van der Waals surface area contributed by atoms with E-state index in [0.717, 1.165) is 33.5 Å². The average Bonchev–Trinajstić information content (AvgIpc) is 2.67. The number of rotatable bonds is 4. The summed E-state index contributed by atoms with van der Waals surface area (Å²) in [4.78, 5) is 8.50. The maximum absolute atomic E-state index is 9.55. The highest BCUT2D eigenvalue weighted by Gasteiger charge is 2.08. The summed E-state index contributed by atoms with van der Waals surface area (Å²) in [5, 5.41) is 9.55. The summed E-state index contributed by atoms with van der Waals surface area (Å²) in [6, 6.07) is 8.14. The summed E-state index contributed by atoms with van der Waals surface area (Å²) in [6.45, 7) is 13.8. The summed E-state index contributed by atoms with van der Waals surface area (Å²) in [6.07, 6.45) is 8.93. The molecule has 0 aliphatic heterocycles. The fourth-order valence-electron chi connectivity index (χ4n) is 2.30. The normalized spacial score (nSPS) is 11.6. The van der Waals surface area contributed by atoms with Crippen LogP contribution in [0, 0.1) is 25.2 Å². The average molecular weight is 331 g/mol. The number of allylic oxidation sites excluding steroid dienone is 5. The Morgan fingerprint density at radius 3 is 2.52 bits per heavy atom. The lowest BCUT2D eigenvalue weighted by molar-refractivity contribution is 1.15. The Kier molecular flexibility index (Phi) is 8.02. The van der Waals surface area contributed by atoms with E-state index in [2.05, 4.69) is 28.7 Å². The molecular weight excluding hydrogens is 306 g/mol. The smallest absolute Gasteiger partial charge is 0.0994 e. The number of aryl methyl sites for hydroxylation is 2. The fourth-order valence-corrected chi connectivity index (χ4v) is 2.30. The molecule has 0 atom stereocenters. The standard InChI is InChI=1S/C20H19N3.C2H6/c1-5-17(20-9-14(2)12-23-16(20)4)10-19(11-21)15(3)18-7-6-8-22-13-18;1-2/h5-10,12-13H,1H2,2-4H3;1-2H3/b17-10+,19-15-;. The molecule has 0 N–H and O–H groups in total. The second-order valence-corrected chi connectivity index (χ2v) is 5.34. The molecule has 0 saturated carbocycles. The molecule has 0 saturated heterocycles. The van der Waals surface area contributed by atoms with Crippen LogP contribution in [0.15, 0.2) is 61.1 Å². The SMILES string of the molecule is C=C/C(=C\C(C#N)=C(/C)c1cccnc1)c1cc(C)cnc1C.CC. The van der Waals surface area contributed by atoms with Gasteiger partial charge in [-0.3, -0.25) is 9.97 Å². The third-order valence-electron chi connectivity index (χ3n) is 3.67. The van der Waals surface area contributed by atoms with Gasteiger partial charge in [0, 0.05) is 29.8 Å². The van der Waals surface area contributed by atoms with Gasteiger partial charge >= 0.3 is 0 Å². The molecule has 0 fully saturated rings. The van der Waals surface area contributed by atoms with Gasteiger partial charge in [0.2, 0.25) is 0 Å². The third kappa shape index (κ3) is 5.26. The molecule has 0 bridgehead atoms. The maximum atomic E-state index is 9.55. The first-order valence-electron chi connectivity index (χ1n) is 8.36. The van der Waals surface area contributed by atoms with E-state index in [9.17, 15) is 5.26 Å². The highest BCUT2D eigenvalue weighted by molar-refractivity contribution is 5.82. The first kappa shape index (κ1) is 20.1. The molecule has 0 aliphatic rings. The van der Waals surface area contributed by atoms with Crippen molar-refractivity contribution in [1.29, 1.82) is 5.26 Å². The van der Waals surface area contributed by atoms with E-state index in [-0.39, 0.29) is 0 Å². The van der Waals surface area contributed by atoms with Crippen LogP contribution in [0.4, 0.5) is 0 Å². The summed E-state index contributed by atoms with van der Waals surface area (Å²) in [5.41, 5.74) is 6.28. The quantitative estimate of drug-likeness (QED) is 0.534. The minimum Gasteiger partial charge on any atom is -0.264 e. The van der Waals surface area contributed by atoms with E-state index in [1.165, 1.54) is 0 Å². The van der Waals surface area contributed by atoms with Gasteiger partial charge in [-0.15, -0.1) is 0 Å². The van der Waals surface area contributed by atoms with Gasteiger partial charge in [0.05, 0.1) is 11.6 Å². The minimum absolute atomic E-state index is 0.591. The number of hydrogen-bond donors (Lipinski definition) is 0. The van der Waals surface area contributed by atoms with Gasteiger partial charge in [-0.2, -0.15) is 5.26 Å². The van der Waals surface area contributed by atoms with E-state index in [1.807, 2.05) is 59.0 Å². The van der Waals surface area contributed by atoms with Crippen molar-refractivity contribution in [2.45, 2.75) is 34.6 Å². The Balaban J connectivity index is 0.00000151. The van der Waals surface area contributed by atoms with E-state index in [4.69, 9.17) is 0 Å². The van der Waals surface area contributed by atoms with E-state index >= 15 is 0 Å². The molecule has 2 aromatic rings. The Morgan fingerprint density at radius 2 is 1.96 bits per heavy atom. The number of hydrogen-bond acceptors (Lipinski definition) is 3. The van der Waals surface area contributed by atoms with Crippen molar-refractivity contribution in [1.82, 2.24) is 9.97 Å². The molecule has 2 rings (SSSR count). The van der Waals surface area contributed by atoms with Crippen molar-refractivity contribution in [2.24, 2.45) is 0 Å². The topological polar surface area (TPSA) is 49.6 Å². The molecule has 3 nitrogen and oxygen atoms in total. The predicted molar refractivity (Wildman–Crippen MR) is 106 cm³/mol. The Bertz CT molecular complexity index is 822. The van der Waals surface area contributed by atoms with Crippen molar-refractivity contribution < 1.29 is 0 Å². The molecule has 25 heavy (non-hydrogen) atoms. The molecule has 3 heteroatoms. The van der Waals surface area contributed by atoms with Crippen molar-refractivity contribution in [2.75, 3.05) is 0 Å². The van der Waals surface area contributed by atoms with Crippen LogP contribution in [-0.4, -0.2) is 9.97 Å². The zero-order valence-electron chi connectivity index (χ0n) is 15.7. The van der Waals surface area contributed by atoms with Crippen LogP contribution < -0.4 is 0 Å². The van der Waals surface area contributed by atoms with Gasteiger partial charge in [-0.1, -0.05) is 32.6 Å². The van der Waals surface area contributed by atoms with Gasteiger partial charge in [-0.05, 0) is 61.3 Å². The third-order valence-corrected chi connectivity index (χ3v) is 3.67. The van der Waals surface area contributed by atoms with Crippen molar-refractivity contribution in [3.05, 3.63) is 83.5 Å².